The summed E-state index contributed by atoms with van der Waals surface area (Å²) in [4.78, 5) is 1.44. The second-order valence-electron chi connectivity index (χ2n) is 6.83. The number of hydrogen-bond donors (Lipinski definition) is 1. The lowest BCUT2D eigenvalue weighted by atomic mass is 10.1. The fourth-order valence-corrected chi connectivity index (χ4v) is 3.00. The van der Waals surface area contributed by atoms with E-state index in [1.54, 1.807) is 14.0 Å². The number of rotatable bonds is 8. The standard InChI is InChI=1S/C19H25N5O3/c1-12-8-15(19-20-23-24(4)21-19)9-13(2)18(12)26-7-5-6-17-11-16(22-27-17)10-14(3)25/h8-9,11,14,25H,5-7,10H2,1-4H3. The van der Waals surface area contributed by atoms with E-state index < -0.39 is 6.10 Å². The molecule has 2 aromatic heterocycles. The Balaban J connectivity index is 1.56. The number of ether oxygens (including phenoxy) is 1. The number of hydrogen-bond acceptors (Lipinski definition) is 7. The first kappa shape index (κ1) is 19.0. The van der Waals surface area contributed by atoms with Crippen LogP contribution in [-0.2, 0) is 19.9 Å². The molecule has 0 radical (unpaired) electrons. The Kier molecular flexibility index (Phi) is 5.85. The predicted octanol–water partition coefficient (Wildman–Crippen LogP) is 2.42. The van der Waals surface area contributed by atoms with Crippen LogP contribution in [0.15, 0.2) is 22.7 Å². The summed E-state index contributed by atoms with van der Waals surface area (Å²) in [5.74, 6) is 2.30. The Morgan fingerprint density at radius 1 is 1.22 bits per heavy atom. The molecule has 1 aromatic carbocycles. The Hall–Kier alpha value is -2.74. The molecule has 8 nitrogen and oxygen atoms in total. The number of tetrazole rings is 1. The van der Waals surface area contributed by atoms with Crippen LogP contribution in [0.3, 0.4) is 0 Å². The summed E-state index contributed by atoms with van der Waals surface area (Å²) in [5.41, 5.74) is 3.78. The molecule has 2 heterocycles. The second-order valence-corrected chi connectivity index (χ2v) is 6.83. The van der Waals surface area contributed by atoms with Crippen molar-refractivity contribution in [2.45, 2.75) is 46.1 Å². The summed E-state index contributed by atoms with van der Waals surface area (Å²) < 4.78 is 11.3. The first-order chi connectivity index (χ1) is 12.9. The Labute approximate surface area is 158 Å². The summed E-state index contributed by atoms with van der Waals surface area (Å²) in [5, 5.41) is 25.5. The van der Waals surface area contributed by atoms with Gasteiger partial charge >= 0.3 is 0 Å². The van der Waals surface area contributed by atoms with Crippen molar-refractivity contribution in [3.8, 4) is 17.1 Å². The monoisotopic (exact) mass is 371 g/mol. The summed E-state index contributed by atoms with van der Waals surface area (Å²) in [6.07, 6.45) is 1.64. The zero-order valence-electron chi connectivity index (χ0n) is 16.1. The van der Waals surface area contributed by atoms with Crippen molar-refractivity contribution in [1.29, 1.82) is 0 Å². The molecule has 1 N–H and O–H groups in total. The highest BCUT2D eigenvalue weighted by Crippen LogP contribution is 2.28. The summed E-state index contributed by atoms with van der Waals surface area (Å²) in [6, 6.07) is 5.92. The average Bonchev–Trinajstić information content (AvgIpc) is 3.22. The van der Waals surface area contributed by atoms with Gasteiger partial charge in [-0.05, 0) is 55.7 Å². The van der Waals surface area contributed by atoms with Gasteiger partial charge in [0.2, 0.25) is 5.82 Å². The van der Waals surface area contributed by atoms with E-state index in [4.69, 9.17) is 9.26 Å². The van der Waals surface area contributed by atoms with Gasteiger partial charge in [-0.3, -0.25) is 0 Å². The van der Waals surface area contributed by atoms with Gasteiger partial charge in [0.25, 0.3) is 0 Å². The maximum Gasteiger partial charge on any atom is 0.204 e. The molecule has 3 aromatic rings. The van der Waals surface area contributed by atoms with Crippen molar-refractivity contribution in [2.75, 3.05) is 6.61 Å². The normalized spacial score (nSPS) is 12.3. The van der Waals surface area contributed by atoms with Crippen molar-refractivity contribution in [3.63, 3.8) is 0 Å². The third-order valence-electron chi connectivity index (χ3n) is 4.15. The van der Waals surface area contributed by atoms with Crippen molar-refractivity contribution >= 4 is 0 Å². The van der Waals surface area contributed by atoms with Crippen LogP contribution in [0.25, 0.3) is 11.4 Å². The molecule has 27 heavy (non-hydrogen) atoms. The zero-order valence-corrected chi connectivity index (χ0v) is 16.1. The molecule has 1 atom stereocenters. The lowest BCUT2D eigenvalue weighted by Crippen LogP contribution is -2.04. The van der Waals surface area contributed by atoms with E-state index in [2.05, 4.69) is 20.6 Å². The van der Waals surface area contributed by atoms with Gasteiger partial charge in [0.05, 0.1) is 25.5 Å². The van der Waals surface area contributed by atoms with E-state index in [9.17, 15) is 5.11 Å². The maximum atomic E-state index is 9.39. The van der Waals surface area contributed by atoms with Gasteiger partial charge in [-0.15, -0.1) is 10.2 Å². The SMILES string of the molecule is Cc1cc(-c2nnn(C)n2)cc(C)c1OCCCc1cc(CC(C)O)no1. The van der Waals surface area contributed by atoms with Crippen LogP contribution in [0.5, 0.6) is 5.75 Å². The first-order valence-electron chi connectivity index (χ1n) is 9.03. The Morgan fingerprint density at radius 3 is 2.59 bits per heavy atom. The molecule has 3 rings (SSSR count). The van der Waals surface area contributed by atoms with Crippen molar-refractivity contribution in [1.82, 2.24) is 25.4 Å². The summed E-state index contributed by atoms with van der Waals surface area (Å²) >= 11 is 0. The molecular formula is C19H25N5O3. The van der Waals surface area contributed by atoms with Gasteiger partial charge in [-0.2, -0.15) is 4.80 Å². The fraction of sp³-hybridized carbons (Fsp3) is 0.474. The van der Waals surface area contributed by atoms with Crippen LogP contribution in [0, 0.1) is 13.8 Å². The Bertz CT molecular complexity index is 877. The highest BCUT2D eigenvalue weighted by atomic mass is 16.5. The van der Waals surface area contributed by atoms with Gasteiger partial charge in [0.1, 0.15) is 11.5 Å². The smallest absolute Gasteiger partial charge is 0.204 e. The van der Waals surface area contributed by atoms with Crippen LogP contribution < -0.4 is 4.74 Å². The lowest BCUT2D eigenvalue weighted by molar-refractivity contribution is 0.192. The zero-order chi connectivity index (χ0) is 19.4. The molecule has 0 aliphatic heterocycles. The molecule has 0 aliphatic carbocycles. The molecule has 8 heteroatoms. The molecule has 0 saturated heterocycles. The third kappa shape index (κ3) is 4.91. The molecule has 0 spiro atoms. The first-order valence-corrected chi connectivity index (χ1v) is 9.03. The minimum Gasteiger partial charge on any atom is -0.493 e. The third-order valence-corrected chi connectivity index (χ3v) is 4.15. The summed E-state index contributed by atoms with van der Waals surface area (Å²) in [7, 11) is 1.75. The minimum absolute atomic E-state index is 0.419. The van der Waals surface area contributed by atoms with Crippen molar-refractivity contribution in [3.05, 3.63) is 40.8 Å². The van der Waals surface area contributed by atoms with Crippen LogP contribution in [0.2, 0.25) is 0 Å². The number of benzene rings is 1. The number of aromatic nitrogens is 5. The van der Waals surface area contributed by atoms with Gasteiger partial charge in [-0.1, -0.05) is 5.16 Å². The molecule has 0 bridgehead atoms. The topological polar surface area (TPSA) is 99.1 Å². The van der Waals surface area contributed by atoms with Crippen molar-refractivity contribution < 1.29 is 14.4 Å². The van der Waals surface area contributed by atoms with Gasteiger partial charge in [0.15, 0.2) is 0 Å². The van der Waals surface area contributed by atoms with Crippen LogP contribution >= 0.6 is 0 Å². The number of aliphatic hydroxyl groups excluding tert-OH is 1. The Morgan fingerprint density at radius 2 is 1.96 bits per heavy atom. The van der Waals surface area contributed by atoms with E-state index in [1.807, 2.05) is 32.0 Å². The molecule has 1 unspecified atom stereocenters. The minimum atomic E-state index is -0.419. The fourth-order valence-electron chi connectivity index (χ4n) is 3.00. The molecular weight excluding hydrogens is 346 g/mol. The number of aliphatic hydroxyl groups is 1. The van der Waals surface area contributed by atoms with E-state index >= 15 is 0 Å². The largest absolute Gasteiger partial charge is 0.493 e. The molecule has 0 amide bonds. The maximum absolute atomic E-state index is 9.39. The van der Waals surface area contributed by atoms with Gasteiger partial charge in [0, 0.05) is 24.5 Å². The summed E-state index contributed by atoms with van der Waals surface area (Å²) in [6.45, 7) is 6.34. The van der Waals surface area contributed by atoms with E-state index in [1.165, 1.54) is 4.80 Å². The lowest BCUT2D eigenvalue weighted by Gasteiger charge is -2.13. The number of nitrogens with zero attached hydrogens (tertiary/aromatic N) is 5. The second kappa shape index (κ2) is 8.30. The molecule has 0 fully saturated rings. The highest BCUT2D eigenvalue weighted by molar-refractivity contribution is 5.60. The quantitative estimate of drug-likeness (QED) is 0.607. The average molecular weight is 371 g/mol. The highest BCUT2D eigenvalue weighted by Gasteiger charge is 2.12. The van der Waals surface area contributed by atoms with Crippen LogP contribution in [0.1, 0.15) is 35.9 Å². The van der Waals surface area contributed by atoms with E-state index in [0.717, 1.165) is 46.7 Å². The van der Waals surface area contributed by atoms with Crippen LogP contribution in [-0.4, -0.2) is 43.2 Å². The van der Waals surface area contributed by atoms with E-state index in [0.29, 0.717) is 18.9 Å². The van der Waals surface area contributed by atoms with Crippen LogP contribution in [0.4, 0.5) is 0 Å². The van der Waals surface area contributed by atoms with Gasteiger partial charge < -0.3 is 14.4 Å². The predicted molar refractivity (Wildman–Crippen MR) is 99.4 cm³/mol. The molecule has 144 valence electrons. The van der Waals surface area contributed by atoms with E-state index in [-0.39, 0.29) is 0 Å². The molecule has 0 saturated carbocycles. The number of aryl methyl sites for hydroxylation is 4. The van der Waals surface area contributed by atoms with Gasteiger partial charge in [-0.25, -0.2) is 0 Å². The molecule has 0 aliphatic rings. The van der Waals surface area contributed by atoms with Crippen molar-refractivity contribution in [2.24, 2.45) is 7.05 Å².